The van der Waals surface area contributed by atoms with Crippen LogP contribution in [0.1, 0.15) is 0 Å². The van der Waals surface area contributed by atoms with Gasteiger partial charge in [0, 0.05) is 33.7 Å². The van der Waals surface area contributed by atoms with Crippen molar-refractivity contribution >= 4 is 30.3 Å². The van der Waals surface area contributed by atoms with Gasteiger partial charge in [-0.3, -0.25) is 4.79 Å². The Labute approximate surface area is 109 Å². The van der Waals surface area contributed by atoms with Crippen LogP contribution in [0.25, 0.3) is 0 Å². The van der Waals surface area contributed by atoms with Gasteiger partial charge in [-0.1, -0.05) is 36.4 Å². The monoisotopic (exact) mass is 261 g/mol. The molecule has 2 aromatic rings. The number of hydrogen-bond acceptors (Lipinski definition) is 3. The summed E-state index contributed by atoms with van der Waals surface area (Å²) in [6.07, 6.45) is 0.829. The predicted octanol–water partition coefficient (Wildman–Crippen LogP) is 3.86. The van der Waals surface area contributed by atoms with Crippen molar-refractivity contribution in [1.82, 2.24) is 3.71 Å². The van der Waals surface area contributed by atoms with Crippen LogP contribution in [-0.4, -0.2) is 10.1 Å². The molecule has 0 aliphatic heterocycles. The highest BCUT2D eigenvalue weighted by atomic mass is 32.2. The SMILES string of the molecule is O=CN(Sc1ccccc1)Sc1ccccc1. The molecule has 0 aliphatic rings. The van der Waals surface area contributed by atoms with E-state index in [4.69, 9.17) is 0 Å². The van der Waals surface area contributed by atoms with E-state index < -0.39 is 0 Å². The summed E-state index contributed by atoms with van der Waals surface area (Å²) in [4.78, 5) is 13.1. The molecule has 0 saturated carbocycles. The number of benzene rings is 2. The van der Waals surface area contributed by atoms with Crippen LogP contribution >= 0.6 is 23.9 Å². The molecule has 0 aliphatic carbocycles. The van der Waals surface area contributed by atoms with E-state index in [2.05, 4.69) is 0 Å². The predicted molar refractivity (Wildman–Crippen MR) is 72.5 cm³/mol. The fourth-order valence-electron chi connectivity index (χ4n) is 1.23. The molecule has 2 aromatic carbocycles. The molecule has 0 fully saturated rings. The van der Waals surface area contributed by atoms with Crippen LogP contribution in [0.3, 0.4) is 0 Å². The van der Waals surface area contributed by atoms with Crippen LogP contribution < -0.4 is 0 Å². The van der Waals surface area contributed by atoms with Crippen LogP contribution in [0.15, 0.2) is 70.5 Å². The van der Waals surface area contributed by atoms with Gasteiger partial charge in [-0.2, -0.15) is 0 Å². The number of amides is 1. The second-order valence-corrected chi connectivity index (χ2v) is 5.53. The normalized spacial score (nSPS) is 9.88. The second kappa shape index (κ2) is 6.37. The third kappa shape index (κ3) is 3.84. The van der Waals surface area contributed by atoms with E-state index in [-0.39, 0.29) is 0 Å². The average Bonchev–Trinajstić information content (AvgIpc) is 2.40. The first kappa shape index (κ1) is 12.1. The number of carbonyl (C=O) groups is 1. The van der Waals surface area contributed by atoms with E-state index in [0.29, 0.717) is 0 Å². The van der Waals surface area contributed by atoms with Crippen LogP contribution in [0.2, 0.25) is 0 Å². The molecule has 0 atom stereocenters. The summed E-state index contributed by atoms with van der Waals surface area (Å²) in [5, 5.41) is 0. The van der Waals surface area contributed by atoms with Gasteiger partial charge in [0.15, 0.2) is 0 Å². The summed E-state index contributed by atoms with van der Waals surface area (Å²) in [6.45, 7) is 0. The average molecular weight is 261 g/mol. The van der Waals surface area contributed by atoms with Crippen molar-refractivity contribution in [2.75, 3.05) is 0 Å². The lowest BCUT2D eigenvalue weighted by molar-refractivity contribution is -0.110. The zero-order chi connectivity index (χ0) is 11.9. The second-order valence-electron chi connectivity index (χ2n) is 3.20. The van der Waals surface area contributed by atoms with Crippen molar-refractivity contribution in [3.05, 3.63) is 60.7 Å². The minimum atomic E-state index is 0.829. The molecule has 0 aromatic heterocycles. The van der Waals surface area contributed by atoms with Gasteiger partial charge in [0.1, 0.15) is 0 Å². The summed E-state index contributed by atoms with van der Waals surface area (Å²) in [6, 6.07) is 19.7. The minimum absolute atomic E-state index is 0.829. The van der Waals surface area contributed by atoms with Crippen molar-refractivity contribution in [2.45, 2.75) is 9.79 Å². The van der Waals surface area contributed by atoms with Gasteiger partial charge in [0.25, 0.3) is 0 Å². The lowest BCUT2D eigenvalue weighted by Gasteiger charge is -2.13. The molecule has 0 spiro atoms. The largest absolute Gasteiger partial charge is 0.277 e. The maximum atomic E-state index is 11.0. The Hall–Kier alpha value is -1.39. The molecule has 0 bridgehead atoms. The van der Waals surface area contributed by atoms with Gasteiger partial charge in [-0.05, 0) is 24.3 Å². The van der Waals surface area contributed by atoms with Gasteiger partial charge in [-0.15, -0.1) is 0 Å². The number of carbonyl (C=O) groups excluding carboxylic acids is 1. The Bertz CT molecular complexity index is 420. The van der Waals surface area contributed by atoms with Gasteiger partial charge >= 0.3 is 0 Å². The maximum absolute atomic E-state index is 11.0. The molecule has 0 N–H and O–H groups in total. The molecule has 17 heavy (non-hydrogen) atoms. The summed E-state index contributed by atoms with van der Waals surface area (Å²) >= 11 is 2.82. The third-order valence-electron chi connectivity index (χ3n) is 1.96. The number of hydrogen-bond donors (Lipinski definition) is 0. The van der Waals surface area contributed by atoms with E-state index in [9.17, 15) is 4.79 Å². The molecular formula is C13H11NOS2. The van der Waals surface area contributed by atoms with Crippen molar-refractivity contribution in [3.8, 4) is 0 Å². The lowest BCUT2D eigenvalue weighted by atomic mass is 10.4. The highest BCUT2D eigenvalue weighted by Gasteiger charge is 2.06. The highest BCUT2D eigenvalue weighted by molar-refractivity contribution is 8.12. The maximum Gasteiger partial charge on any atom is 0.230 e. The molecule has 0 unspecified atom stereocenters. The Kier molecular flexibility index (Phi) is 4.53. The van der Waals surface area contributed by atoms with Crippen LogP contribution in [0.4, 0.5) is 0 Å². The van der Waals surface area contributed by atoms with E-state index >= 15 is 0 Å². The molecule has 0 heterocycles. The highest BCUT2D eigenvalue weighted by Crippen LogP contribution is 2.31. The molecule has 4 heteroatoms. The summed E-state index contributed by atoms with van der Waals surface area (Å²) in [5.41, 5.74) is 0. The zero-order valence-electron chi connectivity index (χ0n) is 9.02. The Morgan fingerprint density at radius 2 is 1.18 bits per heavy atom. The molecule has 1 amide bonds. The van der Waals surface area contributed by atoms with Crippen LogP contribution in [0, 0.1) is 0 Å². The molecule has 0 radical (unpaired) electrons. The molecule has 86 valence electrons. The minimum Gasteiger partial charge on any atom is -0.277 e. The summed E-state index contributed by atoms with van der Waals surface area (Å²) < 4.78 is 1.60. The van der Waals surface area contributed by atoms with Gasteiger partial charge in [-0.25, -0.2) is 3.71 Å². The summed E-state index contributed by atoms with van der Waals surface area (Å²) in [5.74, 6) is 0. The van der Waals surface area contributed by atoms with Crippen molar-refractivity contribution in [1.29, 1.82) is 0 Å². The zero-order valence-corrected chi connectivity index (χ0v) is 10.7. The van der Waals surface area contributed by atoms with E-state index in [1.54, 1.807) is 3.71 Å². The van der Waals surface area contributed by atoms with Crippen molar-refractivity contribution < 1.29 is 4.79 Å². The van der Waals surface area contributed by atoms with Crippen molar-refractivity contribution in [2.24, 2.45) is 0 Å². The Morgan fingerprint density at radius 1 is 0.765 bits per heavy atom. The van der Waals surface area contributed by atoms with E-state index in [1.807, 2.05) is 60.7 Å². The standard InChI is InChI=1S/C13H11NOS2/c15-11-14(16-12-7-3-1-4-8-12)17-13-9-5-2-6-10-13/h1-11H. The molecule has 2 nitrogen and oxygen atoms in total. The van der Waals surface area contributed by atoms with E-state index in [0.717, 1.165) is 16.2 Å². The lowest BCUT2D eigenvalue weighted by Crippen LogP contribution is -2.01. The molecular weight excluding hydrogens is 250 g/mol. The fraction of sp³-hybridized carbons (Fsp3) is 0. The number of nitrogens with zero attached hydrogens (tertiary/aromatic N) is 1. The van der Waals surface area contributed by atoms with Gasteiger partial charge in [0.2, 0.25) is 6.41 Å². The Morgan fingerprint density at radius 3 is 1.53 bits per heavy atom. The van der Waals surface area contributed by atoms with Crippen LogP contribution in [0.5, 0.6) is 0 Å². The summed E-state index contributed by atoms with van der Waals surface area (Å²) in [7, 11) is 0. The first-order valence-electron chi connectivity index (χ1n) is 5.09. The topological polar surface area (TPSA) is 20.3 Å². The Balaban J connectivity index is 2.01. The van der Waals surface area contributed by atoms with Gasteiger partial charge < -0.3 is 0 Å². The number of rotatable bonds is 5. The first-order valence-corrected chi connectivity index (χ1v) is 6.64. The quantitative estimate of drug-likeness (QED) is 0.602. The smallest absolute Gasteiger partial charge is 0.230 e. The van der Waals surface area contributed by atoms with E-state index in [1.165, 1.54) is 23.9 Å². The molecule has 2 rings (SSSR count). The van der Waals surface area contributed by atoms with Crippen LogP contribution in [-0.2, 0) is 4.79 Å². The van der Waals surface area contributed by atoms with Crippen molar-refractivity contribution in [3.63, 3.8) is 0 Å². The third-order valence-corrected chi connectivity index (χ3v) is 3.91. The fourth-order valence-corrected chi connectivity index (χ4v) is 2.96. The van der Waals surface area contributed by atoms with Gasteiger partial charge in [0.05, 0.1) is 0 Å². The molecule has 0 saturated heterocycles. The first-order chi connectivity index (χ1) is 8.38.